The molecule has 160 valence electrons. The Morgan fingerprint density at radius 1 is 0.893 bits per heavy atom. The number of ketones is 2. The van der Waals surface area contributed by atoms with Crippen molar-refractivity contribution in [3.63, 3.8) is 0 Å². The molecule has 2 N–H and O–H groups in total. The Morgan fingerprint density at radius 2 is 1.39 bits per heavy atom. The van der Waals surface area contributed by atoms with Crippen LogP contribution in [0.3, 0.4) is 0 Å². The molecule has 3 aliphatic rings. The Morgan fingerprint density at radius 3 is 1.93 bits per heavy atom. The lowest BCUT2D eigenvalue weighted by Gasteiger charge is -2.54. The maximum atomic E-state index is 11.9. The third kappa shape index (κ3) is 5.81. The van der Waals surface area contributed by atoms with Gasteiger partial charge in [0.15, 0.2) is 5.78 Å². The van der Waals surface area contributed by atoms with E-state index in [1.54, 1.807) is 0 Å². The van der Waals surface area contributed by atoms with E-state index in [1.807, 2.05) is 0 Å². The minimum Gasteiger partial charge on any atom is -0.354 e. The summed E-state index contributed by atoms with van der Waals surface area (Å²) in [6.45, 7) is 2.20. The van der Waals surface area contributed by atoms with Crippen LogP contribution in [-0.2, 0) is 27.7 Å². The summed E-state index contributed by atoms with van der Waals surface area (Å²) in [5.41, 5.74) is 0. The topological polar surface area (TPSA) is 119 Å². The first-order valence-corrected chi connectivity index (χ1v) is 11.6. The number of allylic oxidation sites excluding steroid dienone is 2. The number of unbranched alkanes of at least 4 members (excludes halogenated alkanes) is 9. The molecular formula is C19H31O8P. The largest absolute Gasteiger partial charge is 0.489 e. The molecule has 0 saturated carbocycles. The highest BCUT2D eigenvalue weighted by molar-refractivity contribution is 7.52. The minimum absolute atomic E-state index is 0.163. The zero-order chi connectivity index (χ0) is 20.7. The van der Waals surface area contributed by atoms with Gasteiger partial charge in [0.25, 0.3) is 11.6 Å². The first-order chi connectivity index (χ1) is 13.3. The van der Waals surface area contributed by atoms with E-state index in [-0.39, 0.29) is 6.42 Å². The number of hydrogen-bond acceptors (Lipinski definition) is 8. The molecule has 3 fully saturated rings. The molecule has 0 aliphatic carbocycles. The van der Waals surface area contributed by atoms with Crippen LogP contribution >= 0.6 is 7.82 Å². The highest BCUT2D eigenvalue weighted by Gasteiger charge is 2.82. The van der Waals surface area contributed by atoms with E-state index in [0.717, 1.165) is 38.5 Å². The van der Waals surface area contributed by atoms with Gasteiger partial charge in [0.2, 0.25) is 0 Å². The van der Waals surface area contributed by atoms with Gasteiger partial charge >= 0.3 is 13.8 Å². The first-order valence-electron chi connectivity index (χ1n) is 10.2. The summed E-state index contributed by atoms with van der Waals surface area (Å²) >= 11 is 0. The van der Waals surface area contributed by atoms with E-state index >= 15 is 0 Å². The SMILES string of the molecule is CCCCCC/C=C\CCCCCCCC(=O)C(O)(O)C(=O)C12OP(=O)(O1)O2. The fourth-order valence-corrected chi connectivity index (χ4v) is 4.28. The number of Topliss-reactive ketones (excluding diaryl/α,β-unsaturated/α-hetero) is 2. The van der Waals surface area contributed by atoms with Crippen LogP contribution < -0.4 is 0 Å². The van der Waals surface area contributed by atoms with Gasteiger partial charge in [0, 0.05) is 6.42 Å². The summed E-state index contributed by atoms with van der Waals surface area (Å²) in [6, 6.07) is 0. The Labute approximate surface area is 165 Å². The lowest BCUT2D eigenvalue weighted by atomic mass is 9.99. The predicted octanol–water partition coefficient (Wildman–Crippen LogP) is 3.90. The lowest BCUT2D eigenvalue weighted by Crippen LogP contribution is -2.69. The maximum absolute atomic E-state index is 11.9. The predicted molar refractivity (Wildman–Crippen MR) is 101 cm³/mol. The van der Waals surface area contributed by atoms with E-state index in [0.29, 0.717) is 6.42 Å². The van der Waals surface area contributed by atoms with Crippen LogP contribution in [0.1, 0.15) is 84.0 Å². The highest BCUT2D eigenvalue weighted by Crippen LogP contribution is 2.80. The molecule has 0 spiro atoms. The standard InChI is InChI=1S/C19H31O8P/c1-2-3-4-5-6-7-8-9-10-11-12-13-14-15-16(20)18(22,23)17(21)19-25-28(24,26-19)27-19/h7-8,22-23H,2-6,9-15H2,1H3/b8-7-. The molecule has 3 aliphatic heterocycles. The summed E-state index contributed by atoms with van der Waals surface area (Å²) in [5, 5.41) is 19.5. The van der Waals surface area contributed by atoms with Crippen molar-refractivity contribution < 1.29 is 37.9 Å². The van der Waals surface area contributed by atoms with Crippen molar-refractivity contribution in [2.45, 2.75) is 95.7 Å². The lowest BCUT2D eigenvalue weighted by molar-refractivity contribution is -0.405. The van der Waals surface area contributed by atoms with Gasteiger partial charge in [0.05, 0.1) is 0 Å². The van der Waals surface area contributed by atoms with Crippen molar-refractivity contribution in [3.05, 3.63) is 12.2 Å². The van der Waals surface area contributed by atoms with E-state index in [2.05, 4.69) is 32.6 Å². The van der Waals surface area contributed by atoms with Gasteiger partial charge in [-0.3, -0.25) is 9.59 Å². The highest BCUT2D eigenvalue weighted by atomic mass is 31.2. The molecule has 3 rings (SSSR count). The summed E-state index contributed by atoms with van der Waals surface area (Å²) in [5.74, 6) is -8.21. The molecule has 8 nitrogen and oxygen atoms in total. The molecule has 0 atom stereocenters. The molecule has 0 unspecified atom stereocenters. The molecule has 3 heterocycles. The average molecular weight is 418 g/mol. The van der Waals surface area contributed by atoms with Gasteiger partial charge in [-0.25, -0.2) is 18.1 Å². The number of hydrogen-bond donors (Lipinski definition) is 2. The number of phosphoric ester groups is 1. The van der Waals surface area contributed by atoms with Crippen molar-refractivity contribution >= 4 is 19.4 Å². The second-order valence-electron chi connectivity index (χ2n) is 7.33. The van der Waals surface area contributed by atoms with E-state index in [9.17, 15) is 24.4 Å². The molecule has 0 aromatic rings. The van der Waals surface area contributed by atoms with Gasteiger partial charge in [-0.05, 0) is 32.1 Å². The maximum Gasteiger partial charge on any atom is 0.489 e. The van der Waals surface area contributed by atoms with Crippen LogP contribution in [-0.4, -0.2) is 33.5 Å². The van der Waals surface area contributed by atoms with Gasteiger partial charge in [0.1, 0.15) is 0 Å². The minimum atomic E-state index is -3.65. The fourth-order valence-electron chi connectivity index (χ4n) is 3.10. The van der Waals surface area contributed by atoms with E-state index < -0.39 is 31.1 Å². The number of carbonyl (C=O) groups excluding carboxylic acids is 2. The van der Waals surface area contributed by atoms with Crippen molar-refractivity contribution in [2.75, 3.05) is 0 Å². The smallest absolute Gasteiger partial charge is 0.354 e. The Balaban J connectivity index is 1.49. The summed E-state index contributed by atoms with van der Waals surface area (Å²) in [4.78, 5) is 23.8. The monoisotopic (exact) mass is 418 g/mol. The number of carbonyl (C=O) groups is 2. The fraction of sp³-hybridized carbons (Fsp3) is 0.789. The number of rotatable bonds is 16. The molecule has 0 aromatic heterocycles. The van der Waals surface area contributed by atoms with Crippen LogP contribution in [0.25, 0.3) is 0 Å². The molecule has 2 bridgehead atoms. The second kappa shape index (κ2) is 10.2. The third-order valence-corrected chi connectivity index (χ3v) is 6.24. The summed E-state index contributed by atoms with van der Waals surface area (Å²) in [6.07, 6.45) is 15.8. The summed E-state index contributed by atoms with van der Waals surface area (Å²) in [7, 11) is -3.65. The number of aliphatic hydroxyl groups is 2. The number of phosphoric acid groups is 1. The Hall–Kier alpha value is -0.890. The van der Waals surface area contributed by atoms with Gasteiger partial charge in [-0.1, -0.05) is 57.6 Å². The van der Waals surface area contributed by atoms with Crippen molar-refractivity contribution in [2.24, 2.45) is 0 Å². The van der Waals surface area contributed by atoms with Crippen molar-refractivity contribution in [3.8, 4) is 0 Å². The van der Waals surface area contributed by atoms with E-state index in [1.165, 1.54) is 25.7 Å². The van der Waals surface area contributed by atoms with Gasteiger partial charge in [-0.15, -0.1) is 0 Å². The molecule has 0 aromatic carbocycles. The Kier molecular flexibility index (Phi) is 8.55. The van der Waals surface area contributed by atoms with Crippen LogP contribution in [0.2, 0.25) is 0 Å². The summed E-state index contributed by atoms with van der Waals surface area (Å²) < 4.78 is 24.6. The Bertz CT molecular complexity index is 601. The quantitative estimate of drug-likeness (QED) is 0.127. The van der Waals surface area contributed by atoms with Gasteiger partial charge < -0.3 is 10.2 Å². The molecular weight excluding hydrogens is 387 g/mol. The van der Waals surface area contributed by atoms with Crippen LogP contribution in [0, 0.1) is 0 Å². The molecule has 3 saturated heterocycles. The molecule has 9 heteroatoms. The van der Waals surface area contributed by atoms with Crippen LogP contribution in [0.15, 0.2) is 12.2 Å². The zero-order valence-electron chi connectivity index (χ0n) is 16.4. The zero-order valence-corrected chi connectivity index (χ0v) is 17.3. The van der Waals surface area contributed by atoms with Crippen molar-refractivity contribution in [1.29, 1.82) is 0 Å². The molecule has 0 radical (unpaired) electrons. The molecule has 0 amide bonds. The van der Waals surface area contributed by atoms with Crippen molar-refractivity contribution in [1.82, 2.24) is 0 Å². The van der Waals surface area contributed by atoms with Gasteiger partial charge in [-0.2, -0.15) is 0 Å². The van der Waals surface area contributed by atoms with Crippen LogP contribution in [0.4, 0.5) is 0 Å². The molecule has 28 heavy (non-hydrogen) atoms. The average Bonchev–Trinajstić information content (AvgIpc) is 2.61. The third-order valence-electron chi connectivity index (χ3n) is 4.85. The van der Waals surface area contributed by atoms with E-state index in [4.69, 9.17) is 0 Å². The van der Waals surface area contributed by atoms with Crippen LogP contribution in [0.5, 0.6) is 0 Å². The first kappa shape index (κ1) is 23.4. The normalized spacial score (nSPS) is 26.1. The second-order valence-corrected chi connectivity index (χ2v) is 8.77.